The second-order valence-corrected chi connectivity index (χ2v) is 5.74. The molecule has 0 unspecified atom stereocenters. The predicted octanol–water partition coefficient (Wildman–Crippen LogP) is 3.99. The summed E-state index contributed by atoms with van der Waals surface area (Å²) in [5.74, 6) is -0.401. The minimum Gasteiger partial charge on any atom is -0.374 e. The first-order valence-electron chi connectivity index (χ1n) is 8.04. The van der Waals surface area contributed by atoms with Gasteiger partial charge in [-0.1, -0.05) is 48.5 Å². The average molecular weight is 333 g/mol. The number of hydrogen-bond donors (Lipinski definition) is 3. The van der Waals surface area contributed by atoms with Crippen molar-refractivity contribution in [3.8, 4) is 0 Å². The van der Waals surface area contributed by atoms with Gasteiger partial charge < -0.3 is 10.6 Å². The lowest BCUT2D eigenvalue weighted by Gasteiger charge is -2.15. The molecule has 25 heavy (non-hydrogen) atoms. The first-order valence-corrected chi connectivity index (χ1v) is 8.04. The Morgan fingerprint density at radius 3 is 2.24 bits per heavy atom. The molecule has 0 aliphatic heterocycles. The lowest BCUT2D eigenvalue weighted by molar-refractivity contribution is -0.120. The van der Waals surface area contributed by atoms with E-state index in [0.717, 1.165) is 16.5 Å². The van der Waals surface area contributed by atoms with E-state index in [9.17, 15) is 9.59 Å². The Kier molecular flexibility index (Phi) is 4.95. The van der Waals surface area contributed by atoms with Crippen LogP contribution < -0.4 is 16.0 Å². The number of rotatable bonds is 4. The summed E-state index contributed by atoms with van der Waals surface area (Å²) >= 11 is 0. The second kappa shape index (κ2) is 7.49. The third-order valence-electron chi connectivity index (χ3n) is 3.79. The van der Waals surface area contributed by atoms with Gasteiger partial charge in [0.15, 0.2) is 0 Å². The van der Waals surface area contributed by atoms with Crippen molar-refractivity contribution in [3.63, 3.8) is 0 Å². The fourth-order valence-corrected chi connectivity index (χ4v) is 2.50. The summed E-state index contributed by atoms with van der Waals surface area (Å²) in [6.07, 6.45) is 0. The quantitative estimate of drug-likeness (QED) is 0.676. The van der Waals surface area contributed by atoms with Crippen molar-refractivity contribution < 1.29 is 9.59 Å². The van der Waals surface area contributed by atoms with Gasteiger partial charge in [0.05, 0.1) is 0 Å². The topological polar surface area (TPSA) is 70.2 Å². The molecular weight excluding hydrogens is 314 g/mol. The van der Waals surface area contributed by atoms with Crippen molar-refractivity contribution in [1.82, 2.24) is 5.32 Å². The molecule has 5 nitrogen and oxygen atoms in total. The Morgan fingerprint density at radius 1 is 0.800 bits per heavy atom. The Hall–Kier alpha value is -3.34. The maximum absolute atomic E-state index is 12.2. The maximum Gasteiger partial charge on any atom is 0.325 e. The van der Waals surface area contributed by atoms with Crippen LogP contribution in [-0.2, 0) is 4.79 Å². The predicted molar refractivity (Wildman–Crippen MR) is 101 cm³/mol. The van der Waals surface area contributed by atoms with Crippen molar-refractivity contribution >= 4 is 34.1 Å². The van der Waals surface area contributed by atoms with E-state index < -0.39 is 18.0 Å². The number of hydrogen-bond acceptors (Lipinski definition) is 3. The molecule has 0 heterocycles. The van der Waals surface area contributed by atoms with Gasteiger partial charge in [0.2, 0.25) is 5.91 Å². The summed E-state index contributed by atoms with van der Waals surface area (Å²) in [6.45, 7) is 1.71. The van der Waals surface area contributed by atoms with Crippen LogP contribution in [0.5, 0.6) is 0 Å². The number of nitrogens with one attached hydrogen (secondary N) is 3. The van der Waals surface area contributed by atoms with E-state index in [0.29, 0.717) is 5.69 Å². The van der Waals surface area contributed by atoms with Gasteiger partial charge in [-0.25, -0.2) is 4.79 Å². The van der Waals surface area contributed by atoms with Crippen molar-refractivity contribution in [1.29, 1.82) is 0 Å². The van der Waals surface area contributed by atoms with Gasteiger partial charge in [-0.15, -0.1) is 0 Å². The summed E-state index contributed by atoms with van der Waals surface area (Å²) in [6, 6.07) is 21.7. The third kappa shape index (κ3) is 4.35. The molecule has 3 N–H and O–H groups in total. The van der Waals surface area contributed by atoms with E-state index >= 15 is 0 Å². The lowest BCUT2D eigenvalue weighted by Crippen LogP contribution is -2.42. The highest BCUT2D eigenvalue weighted by molar-refractivity contribution is 6.03. The molecule has 3 rings (SSSR count). The first kappa shape index (κ1) is 16.5. The highest BCUT2D eigenvalue weighted by Crippen LogP contribution is 2.19. The Balaban J connectivity index is 1.58. The Labute approximate surface area is 146 Å². The summed E-state index contributed by atoms with van der Waals surface area (Å²) in [4.78, 5) is 24.1. The van der Waals surface area contributed by atoms with Gasteiger partial charge >= 0.3 is 6.03 Å². The third-order valence-corrected chi connectivity index (χ3v) is 3.79. The van der Waals surface area contributed by atoms with Gasteiger partial charge in [-0.3, -0.25) is 10.1 Å². The molecule has 0 aliphatic rings. The van der Waals surface area contributed by atoms with Gasteiger partial charge in [-0.05, 0) is 42.0 Å². The zero-order valence-corrected chi connectivity index (χ0v) is 13.8. The van der Waals surface area contributed by atoms with E-state index in [2.05, 4.69) is 16.0 Å². The zero-order chi connectivity index (χ0) is 17.6. The number of carbonyl (C=O) groups excluding carboxylic acids is 2. The summed E-state index contributed by atoms with van der Waals surface area (Å²) in [5, 5.41) is 10.3. The normalized spacial score (nSPS) is 11.6. The van der Waals surface area contributed by atoms with Gasteiger partial charge in [0.25, 0.3) is 0 Å². The molecule has 0 fully saturated rings. The van der Waals surface area contributed by atoms with Crippen molar-refractivity contribution in [2.45, 2.75) is 13.0 Å². The van der Waals surface area contributed by atoms with E-state index in [1.165, 1.54) is 0 Å². The van der Waals surface area contributed by atoms with Crippen LogP contribution in [0, 0.1) is 0 Å². The first-order chi connectivity index (χ1) is 12.1. The smallest absolute Gasteiger partial charge is 0.325 e. The molecule has 3 amide bonds. The molecule has 126 valence electrons. The second-order valence-electron chi connectivity index (χ2n) is 5.74. The highest BCUT2D eigenvalue weighted by atomic mass is 16.2. The molecular formula is C20H19N3O2. The molecule has 5 heteroatoms. The number of benzene rings is 3. The number of anilines is 2. The minimum atomic E-state index is -0.553. The number of fused-ring (bicyclic) bond motifs is 1. The molecule has 0 saturated heterocycles. The average Bonchev–Trinajstić information content (AvgIpc) is 2.62. The van der Waals surface area contributed by atoms with E-state index in [1.54, 1.807) is 31.2 Å². The SMILES string of the molecule is C[C@@H](Nc1ccc2ccccc2c1)C(=O)NC(=O)Nc1ccccc1. The minimum absolute atomic E-state index is 0.401. The molecule has 0 bridgehead atoms. The molecule has 3 aromatic rings. The van der Waals surface area contributed by atoms with Crippen LogP contribution in [0.15, 0.2) is 72.8 Å². The van der Waals surface area contributed by atoms with E-state index in [-0.39, 0.29) is 0 Å². The monoisotopic (exact) mass is 333 g/mol. The molecule has 3 aromatic carbocycles. The molecule has 0 aliphatic carbocycles. The molecule has 0 spiro atoms. The summed E-state index contributed by atoms with van der Waals surface area (Å²) in [7, 11) is 0. The lowest BCUT2D eigenvalue weighted by atomic mass is 10.1. The van der Waals surface area contributed by atoms with Crippen LogP contribution in [0.4, 0.5) is 16.2 Å². The zero-order valence-electron chi connectivity index (χ0n) is 13.8. The standard InChI is InChI=1S/C20H19N3O2/c1-14(19(24)23-20(25)22-17-9-3-2-4-10-17)21-18-12-11-15-7-5-6-8-16(15)13-18/h2-14,21H,1H3,(H2,22,23,24,25)/t14-/m1/s1. The van der Waals surface area contributed by atoms with E-state index in [4.69, 9.17) is 0 Å². The number of carbonyl (C=O) groups is 2. The summed E-state index contributed by atoms with van der Waals surface area (Å²) in [5.41, 5.74) is 1.45. The van der Waals surface area contributed by atoms with Crippen LogP contribution in [0.3, 0.4) is 0 Å². The van der Waals surface area contributed by atoms with Crippen LogP contribution in [0.1, 0.15) is 6.92 Å². The molecule has 0 saturated carbocycles. The maximum atomic E-state index is 12.2. The van der Waals surface area contributed by atoms with Crippen molar-refractivity contribution in [2.24, 2.45) is 0 Å². The summed E-state index contributed by atoms with van der Waals surface area (Å²) < 4.78 is 0. The molecule has 1 atom stereocenters. The number of imide groups is 1. The fraction of sp³-hybridized carbons (Fsp3) is 0.100. The van der Waals surface area contributed by atoms with Gasteiger partial charge in [-0.2, -0.15) is 0 Å². The van der Waals surface area contributed by atoms with Crippen LogP contribution in [0.2, 0.25) is 0 Å². The van der Waals surface area contributed by atoms with Crippen molar-refractivity contribution in [3.05, 3.63) is 72.8 Å². The number of para-hydroxylation sites is 1. The fourth-order valence-electron chi connectivity index (χ4n) is 2.50. The van der Waals surface area contributed by atoms with E-state index in [1.807, 2.05) is 48.5 Å². The van der Waals surface area contributed by atoms with Gasteiger partial charge in [0, 0.05) is 11.4 Å². The Bertz CT molecular complexity index is 894. The van der Waals surface area contributed by atoms with Crippen LogP contribution in [-0.4, -0.2) is 18.0 Å². The molecule has 0 aromatic heterocycles. The van der Waals surface area contributed by atoms with Crippen molar-refractivity contribution in [2.75, 3.05) is 10.6 Å². The van der Waals surface area contributed by atoms with Gasteiger partial charge in [0.1, 0.15) is 6.04 Å². The van der Waals surface area contributed by atoms with Crippen LogP contribution in [0.25, 0.3) is 10.8 Å². The molecule has 0 radical (unpaired) electrons. The number of urea groups is 1. The Morgan fingerprint density at radius 2 is 1.48 bits per heavy atom. The number of amides is 3. The van der Waals surface area contributed by atoms with Crippen LogP contribution >= 0.6 is 0 Å². The highest BCUT2D eigenvalue weighted by Gasteiger charge is 2.15. The largest absolute Gasteiger partial charge is 0.374 e.